The van der Waals surface area contributed by atoms with Gasteiger partial charge in [-0.25, -0.2) is 9.78 Å². The van der Waals surface area contributed by atoms with E-state index >= 15 is 0 Å². The van der Waals surface area contributed by atoms with Crippen molar-refractivity contribution in [2.75, 3.05) is 18.5 Å². The summed E-state index contributed by atoms with van der Waals surface area (Å²) in [6.45, 7) is 7.15. The van der Waals surface area contributed by atoms with Crippen LogP contribution in [0.3, 0.4) is 0 Å². The van der Waals surface area contributed by atoms with Crippen LogP contribution in [0.2, 0.25) is 0 Å². The molecular formula is C20H25N5O2. The van der Waals surface area contributed by atoms with Gasteiger partial charge < -0.3 is 15.4 Å². The van der Waals surface area contributed by atoms with E-state index in [1.165, 1.54) is 0 Å². The molecule has 7 nitrogen and oxygen atoms in total. The molecule has 2 aromatic heterocycles. The first-order chi connectivity index (χ1) is 13.0. The topological polar surface area (TPSA) is 81.1 Å². The van der Waals surface area contributed by atoms with Gasteiger partial charge in [0.15, 0.2) is 0 Å². The van der Waals surface area contributed by atoms with E-state index in [2.05, 4.69) is 34.6 Å². The average Bonchev–Trinajstić information content (AvgIpc) is 3.06. The number of nitrogens with zero attached hydrogens (tertiary/aromatic N) is 3. The van der Waals surface area contributed by atoms with Crippen molar-refractivity contribution in [1.82, 2.24) is 20.1 Å². The van der Waals surface area contributed by atoms with E-state index in [4.69, 9.17) is 4.74 Å². The lowest BCUT2D eigenvalue weighted by molar-refractivity contribution is 0.252. The number of hydrogen-bond donors (Lipinski definition) is 2. The van der Waals surface area contributed by atoms with Crippen molar-refractivity contribution in [2.45, 2.75) is 33.2 Å². The first kappa shape index (κ1) is 18.7. The van der Waals surface area contributed by atoms with Crippen molar-refractivity contribution in [3.63, 3.8) is 0 Å². The summed E-state index contributed by atoms with van der Waals surface area (Å²) in [6.07, 6.45) is 2.62. The number of hydrogen-bond acceptors (Lipinski definition) is 4. The third-order valence-electron chi connectivity index (χ3n) is 4.05. The van der Waals surface area contributed by atoms with Crippen molar-refractivity contribution >= 4 is 22.6 Å². The van der Waals surface area contributed by atoms with Gasteiger partial charge in [-0.2, -0.15) is 5.10 Å². The molecule has 0 saturated heterocycles. The maximum absolute atomic E-state index is 12.1. The highest BCUT2D eigenvalue weighted by molar-refractivity contribution is 5.92. The first-order valence-electron chi connectivity index (χ1n) is 9.17. The van der Waals surface area contributed by atoms with Gasteiger partial charge in [0.25, 0.3) is 0 Å². The minimum atomic E-state index is -0.244. The number of pyridine rings is 1. The number of ether oxygens (including phenoxy) is 1. The second kappa shape index (κ2) is 8.53. The molecule has 2 amide bonds. The highest BCUT2D eigenvalue weighted by Crippen LogP contribution is 2.19. The Morgan fingerprint density at radius 1 is 1.26 bits per heavy atom. The molecule has 0 bridgehead atoms. The number of anilines is 1. The van der Waals surface area contributed by atoms with Crippen LogP contribution in [-0.4, -0.2) is 33.9 Å². The van der Waals surface area contributed by atoms with Gasteiger partial charge in [0.2, 0.25) is 5.88 Å². The van der Waals surface area contributed by atoms with Crippen LogP contribution in [0.15, 0.2) is 42.6 Å². The largest absolute Gasteiger partial charge is 0.478 e. The Labute approximate surface area is 158 Å². The molecule has 0 aliphatic heterocycles. The first-order valence-corrected chi connectivity index (χ1v) is 9.17. The maximum atomic E-state index is 12.1. The quantitative estimate of drug-likeness (QED) is 0.666. The van der Waals surface area contributed by atoms with Gasteiger partial charge in [-0.1, -0.05) is 6.07 Å². The predicted octanol–water partition coefficient (Wildman–Crippen LogP) is 3.78. The number of benzene rings is 1. The van der Waals surface area contributed by atoms with Gasteiger partial charge in [0.05, 0.1) is 12.1 Å². The lowest BCUT2D eigenvalue weighted by Crippen LogP contribution is -2.30. The van der Waals surface area contributed by atoms with Crippen molar-refractivity contribution in [2.24, 2.45) is 0 Å². The summed E-state index contributed by atoms with van der Waals surface area (Å²) in [6, 6.07) is 11.4. The molecule has 7 heteroatoms. The van der Waals surface area contributed by atoms with E-state index in [0.717, 1.165) is 22.3 Å². The summed E-state index contributed by atoms with van der Waals surface area (Å²) in [5.41, 5.74) is 2.53. The van der Waals surface area contributed by atoms with E-state index in [1.54, 1.807) is 0 Å². The third kappa shape index (κ3) is 4.97. The van der Waals surface area contributed by atoms with E-state index in [-0.39, 0.29) is 6.03 Å². The molecule has 0 radical (unpaired) electrons. The molecule has 142 valence electrons. The highest BCUT2D eigenvalue weighted by Gasteiger charge is 2.07. The van der Waals surface area contributed by atoms with E-state index in [1.807, 2.05) is 54.2 Å². The molecule has 0 aliphatic carbocycles. The zero-order valence-electron chi connectivity index (χ0n) is 15.9. The minimum Gasteiger partial charge on any atom is -0.478 e. The van der Waals surface area contributed by atoms with Crippen LogP contribution in [0.5, 0.6) is 5.88 Å². The number of nitrogens with one attached hydrogen (secondary N) is 2. The summed E-state index contributed by atoms with van der Waals surface area (Å²) < 4.78 is 7.30. The zero-order valence-corrected chi connectivity index (χ0v) is 15.9. The second-order valence-electron chi connectivity index (χ2n) is 6.51. The molecular weight excluding hydrogens is 342 g/mol. The van der Waals surface area contributed by atoms with Crippen LogP contribution in [0.25, 0.3) is 10.9 Å². The molecule has 1 aromatic carbocycles. The number of rotatable bonds is 7. The number of urea groups is 1. The average molecular weight is 367 g/mol. The predicted molar refractivity (Wildman–Crippen MR) is 106 cm³/mol. The molecule has 0 fully saturated rings. The SMILES string of the molecule is CCOc1cccc(CCNC(=O)Nc2ccc3nn(C(C)C)cc3c2)n1. The third-order valence-corrected chi connectivity index (χ3v) is 4.05. The summed E-state index contributed by atoms with van der Waals surface area (Å²) in [7, 11) is 0. The molecule has 0 aliphatic rings. The molecule has 2 N–H and O–H groups in total. The molecule has 0 saturated carbocycles. The molecule has 3 rings (SSSR count). The number of amides is 2. The Morgan fingerprint density at radius 3 is 2.89 bits per heavy atom. The van der Waals surface area contributed by atoms with Crippen LogP contribution in [0.4, 0.5) is 10.5 Å². The number of carbonyl (C=O) groups excluding carboxylic acids is 1. The molecule has 2 heterocycles. The molecule has 0 atom stereocenters. The fourth-order valence-electron chi connectivity index (χ4n) is 2.69. The monoisotopic (exact) mass is 367 g/mol. The van der Waals surface area contributed by atoms with Gasteiger partial charge in [-0.05, 0) is 45.0 Å². The maximum Gasteiger partial charge on any atom is 0.319 e. The Morgan fingerprint density at radius 2 is 2.11 bits per heavy atom. The standard InChI is InChI=1S/C20H25N5O2/c1-4-27-19-7-5-6-16(22-19)10-11-21-20(26)23-17-8-9-18-15(12-17)13-25(24-18)14(2)3/h5-9,12-14H,4,10-11H2,1-3H3,(H2,21,23,26). The second-order valence-corrected chi connectivity index (χ2v) is 6.51. The number of carbonyl (C=O) groups is 1. The van der Waals surface area contributed by atoms with Gasteiger partial charge in [-0.3, -0.25) is 4.68 Å². The van der Waals surface area contributed by atoms with Gasteiger partial charge in [0.1, 0.15) is 0 Å². The Kier molecular flexibility index (Phi) is 5.90. The van der Waals surface area contributed by atoms with Crippen molar-refractivity contribution in [3.05, 3.63) is 48.3 Å². The van der Waals surface area contributed by atoms with Crippen molar-refractivity contribution in [3.8, 4) is 5.88 Å². The Hall–Kier alpha value is -3.09. The van der Waals surface area contributed by atoms with E-state index in [9.17, 15) is 4.79 Å². The van der Waals surface area contributed by atoms with Crippen LogP contribution in [-0.2, 0) is 6.42 Å². The highest BCUT2D eigenvalue weighted by atomic mass is 16.5. The fourth-order valence-corrected chi connectivity index (χ4v) is 2.69. The Balaban J connectivity index is 1.53. The van der Waals surface area contributed by atoms with Gasteiger partial charge >= 0.3 is 6.03 Å². The lowest BCUT2D eigenvalue weighted by atomic mass is 10.2. The van der Waals surface area contributed by atoms with Crippen LogP contribution < -0.4 is 15.4 Å². The summed E-state index contributed by atoms with van der Waals surface area (Å²) in [4.78, 5) is 16.5. The summed E-state index contributed by atoms with van der Waals surface area (Å²) >= 11 is 0. The van der Waals surface area contributed by atoms with Gasteiger partial charge in [0, 0.05) is 48.0 Å². The van der Waals surface area contributed by atoms with E-state index in [0.29, 0.717) is 31.5 Å². The smallest absolute Gasteiger partial charge is 0.319 e. The number of fused-ring (bicyclic) bond motifs is 1. The molecule has 27 heavy (non-hydrogen) atoms. The van der Waals surface area contributed by atoms with Crippen molar-refractivity contribution < 1.29 is 9.53 Å². The summed E-state index contributed by atoms with van der Waals surface area (Å²) in [5, 5.41) is 11.2. The van der Waals surface area contributed by atoms with Crippen LogP contribution >= 0.6 is 0 Å². The molecule has 0 spiro atoms. The normalized spacial score (nSPS) is 11.0. The zero-order chi connectivity index (χ0) is 19.2. The minimum absolute atomic E-state index is 0.244. The molecule has 0 unspecified atom stereocenters. The molecule has 3 aromatic rings. The van der Waals surface area contributed by atoms with E-state index < -0.39 is 0 Å². The lowest BCUT2D eigenvalue weighted by Gasteiger charge is -2.08. The summed E-state index contributed by atoms with van der Waals surface area (Å²) in [5.74, 6) is 0.606. The van der Waals surface area contributed by atoms with Crippen LogP contribution in [0.1, 0.15) is 32.5 Å². The van der Waals surface area contributed by atoms with Crippen molar-refractivity contribution in [1.29, 1.82) is 0 Å². The number of aromatic nitrogens is 3. The van der Waals surface area contributed by atoms with Crippen LogP contribution in [0, 0.1) is 0 Å². The fraction of sp³-hybridized carbons (Fsp3) is 0.350. The Bertz CT molecular complexity index is 920. The van der Waals surface area contributed by atoms with Gasteiger partial charge in [-0.15, -0.1) is 0 Å².